The quantitative estimate of drug-likeness (QED) is 0.350. The highest BCUT2D eigenvalue weighted by Crippen LogP contribution is 2.33. The number of halogens is 3. The number of thiazole rings is 1. The fraction of sp³-hybridized carbons (Fsp3) is 0.346. The lowest BCUT2D eigenvalue weighted by molar-refractivity contribution is -0.158. The van der Waals surface area contributed by atoms with Crippen molar-refractivity contribution in [1.29, 1.82) is 0 Å². The normalized spacial score (nSPS) is 12.7. The first-order chi connectivity index (χ1) is 16.8. The summed E-state index contributed by atoms with van der Waals surface area (Å²) < 4.78 is 49.2. The van der Waals surface area contributed by atoms with Gasteiger partial charge < -0.3 is 14.8 Å². The lowest BCUT2D eigenvalue weighted by atomic mass is 10.1. The van der Waals surface area contributed by atoms with Crippen molar-refractivity contribution < 1.29 is 32.2 Å². The van der Waals surface area contributed by atoms with Crippen LogP contribution in [0.15, 0.2) is 48.5 Å². The molecule has 0 saturated heterocycles. The van der Waals surface area contributed by atoms with Gasteiger partial charge in [0.05, 0.1) is 23.9 Å². The zero-order valence-electron chi connectivity index (χ0n) is 20.5. The molecule has 1 amide bonds. The Morgan fingerprint density at radius 2 is 1.67 bits per heavy atom. The average Bonchev–Trinajstić information content (AvgIpc) is 3.20. The van der Waals surface area contributed by atoms with Gasteiger partial charge in [0.2, 0.25) is 0 Å². The molecule has 2 aromatic carbocycles. The van der Waals surface area contributed by atoms with Gasteiger partial charge in [0.1, 0.15) is 15.6 Å². The molecule has 1 atom stereocenters. The summed E-state index contributed by atoms with van der Waals surface area (Å²) in [5.74, 6) is -0.320. The fourth-order valence-electron chi connectivity index (χ4n) is 3.34. The van der Waals surface area contributed by atoms with Gasteiger partial charge in [-0.2, -0.15) is 13.2 Å². The van der Waals surface area contributed by atoms with Crippen molar-refractivity contribution in [2.45, 2.75) is 52.4 Å². The van der Waals surface area contributed by atoms with Gasteiger partial charge in [0.15, 0.2) is 5.60 Å². The number of hydrogen-bond donors (Lipinski definition) is 1. The summed E-state index contributed by atoms with van der Waals surface area (Å²) in [7, 11) is 0. The Hall–Kier alpha value is -3.40. The maximum atomic E-state index is 12.9. The smallest absolute Gasteiger partial charge is 0.416 e. The first-order valence-corrected chi connectivity index (χ1v) is 12.1. The number of benzene rings is 2. The van der Waals surface area contributed by atoms with Crippen molar-refractivity contribution in [3.63, 3.8) is 0 Å². The van der Waals surface area contributed by atoms with Gasteiger partial charge in [0, 0.05) is 5.56 Å². The van der Waals surface area contributed by atoms with Crippen LogP contribution in [0.1, 0.15) is 60.2 Å². The van der Waals surface area contributed by atoms with Crippen LogP contribution in [0.4, 0.5) is 13.2 Å². The van der Waals surface area contributed by atoms with Crippen LogP contribution >= 0.6 is 11.3 Å². The maximum Gasteiger partial charge on any atom is 0.416 e. The zero-order valence-corrected chi connectivity index (χ0v) is 21.3. The van der Waals surface area contributed by atoms with E-state index in [-0.39, 0.29) is 18.6 Å². The molecule has 0 radical (unpaired) electrons. The summed E-state index contributed by atoms with van der Waals surface area (Å²) in [6, 6.07) is 11.3. The van der Waals surface area contributed by atoms with E-state index in [1.54, 1.807) is 52.0 Å². The number of aryl methyl sites for hydroxylation is 1. The predicted molar refractivity (Wildman–Crippen MR) is 131 cm³/mol. The highest BCUT2D eigenvalue weighted by molar-refractivity contribution is 7.17. The molecule has 1 heterocycles. The van der Waals surface area contributed by atoms with E-state index >= 15 is 0 Å². The molecule has 0 aliphatic rings. The lowest BCUT2D eigenvalue weighted by Crippen LogP contribution is -2.39. The largest absolute Gasteiger partial charge is 0.476 e. The van der Waals surface area contributed by atoms with E-state index in [0.717, 1.165) is 29.0 Å². The fourth-order valence-corrected chi connectivity index (χ4v) is 4.32. The van der Waals surface area contributed by atoms with Crippen LogP contribution in [0, 0.1) is 6.92 Å². The Kier molecular flexibility index (Phi) is 8.08. The lowest BCUT2D eigenvalue weighted by Gasteiger charge is -2.24. The van der Waals surface area contributed by atoms with E-state index in [9.17, 15) is 22.8 Å². The Morgan fingerprint density at radius 3 is 2.22 bits per heavy atom. The van der Waals surface area contributed by atoms with Gasteiger partial charge in [-0.3, -0.25) is 4.79 Å². The molecule has 10 heteroatoms. The molecule has 36 heavy (non-hydrogen) atoms. The number of ether oxygens (including phenoxy) is 2. The molecule has 192 valence electrons. The number of carbonyl (C=O) groups is 2. The summed E-state index contributed by atoms with van der Waals surface area (Å²) in [5.41, 5.74) is -0.0812. The summed E-state index contributed by atoms with van der Waals surface area (Å²) in [6.07, 6.45) is -4.42. The maximum absolute atomic E-state index is 12.9. The minimum atomic E-state index is -4.42. The van der Waals surface area contributed by atoms with Crippen molar-refractivity contribution in [3.05, 3.63) is 70.2 Å². The molecular weight excluding hydrogens is 493 g/mol. The zero-order chi connectivity index (χ0) is 26.7. The SMILES string of the molecule is CCOC(=O)C(C)(C)Oc1ccc(C(C)NC(=O)c2sc(-c3ccc(C(F)(F)F)cc3)nc2C)cc1. The second-order valence-corrected chi connectivity index (χ2v) is 9.60. The van der Waals surface area contributed by atoms with Crippen molar-refractivity contribution in [3.8, 4) is 16.3 Å². The molecule has 0 bridgehead atoms. The van der Waals surface area contributed by atoms with E-state index in [0.29, 0.717) is 26.9 Å². The molecule has 1 N–H and O–H groups in total. The Labute approximate surface area is 211 Å². The number of amides is 1. The van der Waals surface area contributed by atoms with E-state index in [2.05, 4.69) is 10.3 Å². The van der Waals surface area contributed by atoms with Crippen LogP contribution in [0.5, 0.6) is 5.75 Å². The monoisotopic (exact) mass is 520 g/mol. The van der Waals surface area contributed by atoms with Crippen LogP contribution < -0.4 is 10.1 Å². The third kappa shape index (κ3) is 6.42. The molecule has 6 nitrogen and oxygen atoms in total. The Bertz CT molecular complexity index is 1220. The highest BCUT2D eigenvalue weighted by atomic mass is 32.1. The molecule has 0 fully saturated rings. The van der Waals surface area contributed by atoms with Crippen molar-refractivity contribution in [2.75, 3.05) is 6.61 Å². The summed E-state index contributed by atoms with van der Waals surface area (Å²) >= 11 is 1.12. The second kappa shape index (κ2) is 10.7. The van der Waals surface area contributed by atoms with Crippen LogP contribution in [0.2, 0.25) is 0 Å². The summed E-state index contributed by atoms with van der Waals surface area (Å²) in [5, 5.41) is 3.38. The average molecular weight is 521 g/mol. The molecule has 1 aromatic heterocycles. The number of esters is 1. The molecule has 3 aromatic rings. The topological polar surface area (TPSA) is 77.5 Å². The number of carbonyl (C=O) groups excluding carboxylic acids is 2. The molecule has 0 saturated carbocycles. The van der Waals surface area contributed by atoms with Crippen molar-refractivity contribution in [1.82, 2.24) is 10.3 Å². The minimum Gasteiger partial charge on any atom is -0.476 e. The molecule has 3 rings (SSSR count). The third-order valence-electron chi connectivity index (χ3n) is 5.33. The molecule has 1 unspecified atom stereocenters. The number of aromatic nitrogens is 1. The molecule has 0 aliphatic heterocycles. The van der Waals surface area contributed by atoms with Gasteiger partial charge in [-0.05, 0) is 64.4 Å². The van der Waals surface area contributed by atoms with E-state index in [1.165, 1.54) is 12.1 Å². The van der Waals surface area contributed by atoms with E-state index < -0.39 is 23.3 Å². The first kappa shape index (κ1) is 27.2. The van der Waals surface area contributed by atoms with Crippen LogP contribution in [-0.2, 0) is 15.7 Å². The minimum absolute atomic E-state index is 0.257. The molecule has 0 spiro atoms. The van der Waals surface area contributed by atoms with Crippen LogP contribution in [0.25, 0.3) is 10.6 Å². The Morgan fingerprint density at radius 1 is 1.06 bits per heavy atom. The highest BCUT2D eigenvalue weighted by Gasteiger charge is 2.32. The second-order valence-electron chi connectivity index (χ2n) is 8.61. The van der Waals surface area contributed by atoms with Crippen molar-refractivity contribution >= 4 is 23.2 Å². The number of alkyl halides is 3. The summed E-state index contributed by atoms with van der Waals surface area (Å²) in [6.45, 7) is 8.73. The summed E-state index contributed by atoms with van der Waals surface area (Å²) in [4.78, 5) is 29.7. The standard InChI is InChI=1S/C26H27F3N2O4S/c1-6-34-24(33)25(4,5)35-20-13-9-17(10-14-20)15(2)30-22(32)21-16(3)31-23(36-21)18-7-11-19(12-8-18)26(27,28)29/h7-15H,6H2,1-5H3,(H,30,32). The van der Waals surface area contributed by atoms with Gasteiger partial charge in [0.25, 0.3) is 5.91 Å². The number of hydrogen-bond acceptors (Lipinski definition) is 6. The van der Waals surface area contributed by atoms with Gasteiger partial charge >= 0.3 is 12.1 Å². The number of nitrogens with zero attached hydrogens (tertiary/aromatic N) is 1. The molecular formula is C26H27F3N2O4S. The Balaban J connectivity index is 1.67. The van der Waals surface area contributed by atoms with Crippen LogP contribution in [-0.4, -0.2) is 29.1 Å². The van der Waals surface area contributed by atoms with Crippen molar-refractivity contribution in [2.24, 2.45) is 0 Å². The third-order valence-corrected chi connectivity index (χ3v) is 6.53. The van der Waals surface area contributed by atoms with Gasteiger partial charge in [-0.1, -0.05) is 24.3 Å². The molecule has 0 aliphatic carbocycles. The van der Waals surface area contributed by atoms with Gasteiger partial charge in [-0.15, -0.1) is 11.3 Å². The van der Waals surface area contributed by atoms with E-state index in [4.69, 9.17) is 9.47 Å². The predicted octanol–water partition coefficient (Wildman–Crippen LogP) is 6.35. The number of nitrogens with one attached hydrogen (secondary N) is 1. The first-order valence-electron chi connectivity index (χ1n) is 11.2. The van der Waals surface area contributed by atoms with Gasteiger partial charge in [-0.25, -0.2) is 9.78 Å². The number of rotatable bonds is 8. The van der Waals surface area contributed by atoms with E-state index in [1.807, 2.05) is 6.92 Å². The van der Waals surface area contributed by atoms with Crippen LogP contribution in [0.3, 0.4) is 0 Å².